The van der Waals surface area contributed by atoms with E-state index in [4.69, 9.17) is 5.73 Å². The second kappa shape index (κ2) is 6.73. The van der Waals surface area contributed by atoms with Crippen molar-refractivity contribution in [3.63, 3.8) is 0 Å². The van der Waals surface area contributed by atoms with Crippen LogP contribution in [0.15, 0.2) is 24.3 Å². The SMILES string of the molecule is CN(Cc1ccccc1CCN)C1CCC(C)(C)CC1. The van der Waals surface area contributed by atoms with Gasteiger partial charge in [0.25, 0.3) is 0 Å². The summed E-state index contributed by atoms with van der Waals surface area (Å²) in [5.74, 6) is 0. The summed E-state index contributed by atoms with van der Waals surface area (Å²) in [5.41, 5.74) is 9.13. The molecule has 2 rings (SSSR count). The van der Waals surface area contributed by atoms with Gasteiger partial charge in [0.05, 0.1) is 0 Å². The second-order valence-corrected chi connectivity index (χ2v) is 7.12. The largest absolute Gasteiger partial charge is 0.330 e. The normalized spacial score (nSPS) is 19.4. The summed E-state index contributed by atoms with van der Waals surface area (Å²) in [6.07, 6.45) is 6.37. The highest BCUT2D eigenvalue weighted by atomic mass is 15.1. The molecule has 1 fully saturated rings. The summed E-state index contributed by atoms with van der Waals surface area (Å²) in [7, 11) is 2.28. The standard InChI is InChI=1S/C18H30N2/c1-18(2)11-8-17(9-12-18)20(3)14-16-7-5-4-6-15(16)10-13-19/h4-7,17H,8-14,19H2,1-3H3. The van der Waals surface area contributed by atoms with Crippen molar-refractivity contribution in [2.45, 2.75) is 58.5 Å². The summed E-state index contributed by atoms with van der Waals surface area (Å²) in [4.78, 5) is 2.55. The molecule has 1 aromatic rings. The molecular formula is C18H30N2. The molecule has 20 heavy (non-hydrogen) atoms. The third-order valence-corrected chi connectivity index (χ3v) is 4.88. The first kappa shape index (κ1) is 15.5. The molecule has 0 heterocycles. The highest BCUT2D eigenvalue weighted by molar-refractivity contribution is 5.27. The Bertz CT molecular complexity index is 415. The fourth-order valence-corrected chi connectivity index (χ4v) is 3.33. The molecule has 1 saturated carbocycles. The van der Waals surface area contributed by atoms with Gasteiger partial charge in [-0.25, -0.2) is 0 Å². The van der Waals surface area contributed by atoms with Gasteiger partial charge in [0, 0.05) is 12.6 Å². The average molecular weight is 274 g/mol. The predicted molar refractivity (Wildman–Crippen MR) is 86.7 cm³/mol. The molecule has 0 aromatic heterocycles. The van der Waals surface area contributed by atoms with Gasteiger partial charge in [-0.1, -0.05) is 38.1 Å². The third kappa shape index (κ3) is 4.07. The summed E-state index contributed by atoms with van der Waals surface area (Å²) >= 11 is 0. The fourth-order valence-electron chi connectivity index (χ4n) is 3.33. The number of hydrogen-bond acceptors (Lipinski definition) is 2. The Labute approximate surface area is 124 Å². The molecule has 0 atom stereocenters. The maximum absolute atomic E-state index is 5.72. The van der Waals surface area contributed by atoms with Gasteiger partial charge in [-0.2, -0.15) is 0 Å². The molecule has 0 saturated heterocycles. The zero-order valence-corrected chi connectivity index (χ0v) is 13.4. The molecule has 1 aromatic carbocycles. The lowest BCUT2D eigenvalue weighted by Gasteiger charge is -2.38. The molecule has 1 aliphatic rings. The summed E-state index contributed by atoms with van der Waals surface area (Å²) in [6.45, 7) is 6.60. The van der Waals surface area contributed by atoms with E-state index in [0.717, 1.165) is 25.6 Å². The zero-order chi connectivity index (χ0) is 14.6. The van der Waals surface area contributed by atoms with E-state index in [-0.39, 0.29) is 0 Å². The van der Waals surface area contributed by atoms with Crippen molar-refractivity contribution in [2.24, 2.45) is 11.1 Å². The number of nitrogens with zero attached hydrogens (tertiary/aromatic N) is 1. The van der Waals surface area contributed by atoms with Crippen LogP contribution in [0.2, 0.25) is 0 Å². The quantitative estimate of drug-likeness (QED) is 0.889. The smallest absolute Gasteiger partial charge is 0.0236 e. The van der Waals surface area contributed by atoms with Gasteiger partial charge in [0.1, 0.15) is 0 Å². The molecule has 0 aliphatic heterocycles. The van der Waals surface area contributed by atoms with Crippen LogP contribution >= 0.6 is 0 Å². The van der Waals surface area contributed by atoms with E-state index < -0.39 is 0 Å². The molecule has 0 spiro atoms. The van der Waals surface area contributed by atoms with Gasteiger partial charge >= 0.3 is 0 Å². The van der Waals surface area contributed by atoms with Gasteiger partial charge in [0.2, 0.25) is 0 Å². The van der Waals surface area contributed by atoms with Crippen molar-refractivity contribution in [1.82, 2.24) is 4.90 Å². The van der Waals surface area contributed by atoms with Crippen LogP contribution in [0.4, 0.5) is 0 Å². The Morgan fingerprint density at radius 3 is 2.35 bits per heavy atom. The fraction of sp³-hybridized carbons (Fsp3) is 0.667. The molecule has 0 amide bonds. The van der Waals surface area contributed by atoms with Crippen molar-refractivity contribution in [1.29, 1.82) is 0 Å². The van der Waals surface area contributed by atoms with Crippen LogP contribution in [0.5, 0.6) is 0 Å². The van der Waals surface area contributed by atoms with E-state index in [1.165, 1.54) is 36.8 Å². The molecule has 2 N–H and O–H groups in total. The van der Waals surface area contributed by atoms with Crippen LogP contribution in [0, 0.1) is 5.41 Å². The topological polar surface area (TPSA) is 29.3 Å². The maximum Gasteiger partial charge on any atom is 0.0236 e. The van der Waals surface area contributed by atoms with Crippen LogP contribution in [0.1, 0.15) is 50.7 Å². The molecule has 1 aliphatic carbocycles. The molecular weight excluding hydrogens is 244 g/mol. The van der Waals surface area contributed by atoms with E-state index in [1.54, 1.807) is 0 Å². The Morgan fingerprint density at radius 1 is 1.15 bits per heavy atom. The monoisotopic (exact) mass is 274 g/mol. The number of benzene rings is 1. The molecule has 0 bridgehead atoms. The van der Waals surface area contributed by atoms with Crippen molar-refractivity contribution in [3.05, 3.63) is 35.4 Å². The highest BCUT2D eigenvalue weighted by Gasteiger charge is 2.28. The van der Waals surface area contributed by atoms with Crippen molar-refractivity contribution in [3.8, 4) is 0 Å². The first-order chi connectivity index (χ1) is 9.52. The number of rotatable bonds is 5. The van der Waals surface area contributed by atoms with Gasteiger partial charge in [-0.05, 0) is 62.2 Å². The molecule has 2 nitrogen and oxygen atoms in total. The molecule has 2 heteroatoms. The van der Waals surface area contributed by atoms with Crippen molar-refractivity contribution < 1.29 is 0 Å². The summed E-state index contributed by atoms with van der Waals surface area (Å²) < 4.78 is 0. The van der Waals surface area contributed by atoms with Gasteiger partial charge in [0.15, 0.2) is 0 Å². The minimum atomic E-state index is 0.550. The first-order valence-corrected chi connectivity index (χ1v) is 7.99. The first-order valence-electron chi connectivity index (χ1n) is 7.99. The molecule has 0 unspecified atom stereocenters. The third-order valence-electron chi connectivity index (χ3n) is 4.88. The van der Waals surface area contributed by atoms with E-state index >= 15 is 0 Å². The van der Waals surface area contributed by atoms with Crippen LogP contribution in [-0.4, -0.2) is 24.5 Å². The lowest BCUT2D eigenvalue weighted by molar-refractivity contribution is 0.123. The Morgan fingerprint density at radius 2 is 1.75 bits per heavy atom. The molecule has 112 valence electrons. The van der Waals surface area contributed by atoms with E-state index in [9.17, 15) is 0 Å². The average Bonchev–Trinajstić information content (AvgIpc) is 2.41. The van der Waals surface area contributed by atoms with Crippen LogP contribution in [0.3, 0.4) is 0 Å². The summed E-state index contributed by atoms with van der Waals surface area (Å²) in [5, 5.41) is 0. The lowest BCUT2D eigenvalue weighted by Crippen LogP contribution is -2.37. The number of hydrogen-bond donors (Lipinski definition) is 1. The van der Waals surface area contributed by atoms with Crippen LogP contribution in [-0.2, 0) is 13.0 Å². The second-order valence-electron chi connectivity index (χ2n) is 7.12. The lowest BCUT2D eigenvalue weighted by atomic mass is 9.75. The Kier molecular flexibility index (Phi) is 5.22. The van der Waals surface area contributed by atoms with E-state index in [1.807, 2.05) is 0 Å². The minimum Gasteiger partial charge on any atom is -0.330 e. The Balaban J connectivity index is 1.96. The molecule has 0 radical (unpaired) electrons. The van der Waals surface area contributed by atoms with Crippen LogP contribution in [0.25, 0.3) is 0 Å². The van der Waals surface area contributed by atoms with E-state index in [0.29, 0.717) is 5.41 Å². The zero-order valence-electron chi connectivity index (χ0n) is 13.4. The van der Waals surface area contributed by atoms with Crippen molar-refractivity contribution >= 4 is 0 Å². The van der Waals surface area contributed by atoms with Crippen molar-refractivity contribution in [2.75, 3.05) is 13.6 Å². The maximum atomic E-state index is 5.72. The van der Waals surface area contributed by atoms with Gasteiger partial charge in [-0.15, -0.1) is 0 Å². The van der Waals surface area contributed by atoms with Gasteiger partial charge in [-0.3, -0.25) is 4.90 Å². The highest BCUT2D eigenvalue weighted by Crippen LogP contribution is 2.36. The Hall–Kier alpha value is -0.860. The summed E-state index contributed by atoms with van der Waals surface area (Å²) in [6, 6.07) is 9.49. The van der Waals surface area contributed by atoms with Gasteiger partial charge < -0.3 is 5.73 Å². The van der Waals surface area contributed by atoms with E-state index in [2.05, 4.69) is 50.1 Å². The minimum absolute atomic E-state index is 0.550. The predicted octanol–water partition coefficient (Wildman–Crippen LogP) is 3.59. The van der Waals surface area contributed by atoms with Crippen LogP contribution < -0.4 is 5.73 Å². The number of nitrogens with two attached hydrogens (primary N) is 1.